The Morgan fingerprint density at radius 2 is 1.96 bits per heavy atom. The summed E-state index contributed by atoms with van der Waals surface area (Å²) in [6.45, 7) is 10.1. The van der Waals surface area contributed by atoms with Crippen LogP contribution in [-0.2, 0) is 14.3 Å². The van der Waals surface area contributed by atoms with Gasteiger partial charge in [0.05, 0.1) is 0 Å². The Bertz CT molecular complexity index is 553. The molecule has 0 atom stereocenters. The van der Waals surface area contributed by atoms with E-state index in [0.29, 0.717) is 44.9 Å². The van der Waals surface area contributed by atoms with Crippen molar-refractivity contribution >= 4 is 17.8 Å². The monoisotopic (exact) mass is 381 g/mol. The van der Waals surface area contributed by atoms with Crippen molar-refractivity contribution in [2.24, 2.45) is 11.3 Å². The Hall–Kier alpha value is -1.63. The maximum Gasteiger partial charge on any atom is 0.325 e. The summed E-state index contributed by atoms with van der Waals surface area (Å²) in [5.74, 6) is -0.00177. The van der Waals surface area contributed by atoms with Gasteiger partial charge in [0.1, 0.15) is 12.1 Å². The van der Waals surface area contributed by atoms with Crippen LogP contribution in [0.1, 0.15) is 66.2 Å². The van der Waals surface area contributed by atoms with Gasteiger partial charge in [0.2, 0.25) is 5.91 Å². The third kappa shape index (κ3) is 5.00. The van der Waals surface area contributed by atoms with Gasteiger partial charge in [-0.05, 0) is 50.4 Å². The van der Waals surface area contributed by atoms with Crippen molar-refractivity contribution in [2.45, 2.75) is 71.8 Å². The molecule has 2 N–H and O–H groups in total. The first kappa shape index (κ1) is 21.7. The molecule has 2 aliphatic rings. The summed E-state index contributed by atoms with van der Waals surface area (Å²) in [6.07, 6.45) is 4.95. The van der Waals surface area contributed by atoms with Gasteiger partial charge < -0.3 is 15.4 Å². The molecule has 1 saturated heterocycles. The third-order valence-electron chi connectivity index (χ3n) is 6.39. The Balaban J connectivity index is 1.87. The van der Waals surface area contributed by atoms with E-state index < -0.39 is 11.6 Å². The number of hydrogen-bond acceptors (Lipinski definition) is 4. The molecule has 0 aromatic carbocycles. The van der Waals surface area contributed by atoms with Crippen LogP contribution in [0.4, 0.5) is 4.79 Å². The smallest absolute Gasteiger partial charge is 0.325 e. The van der Waals surface area contributed by atoms with Gasteiger partial charge in [-0.2, -0.15) is 0 Å². The Kier molecular flexibility index (Phi) is 7.25. The van der Waals surface area contributed by atoms with Crippen LogP contribution in [0.2, 0.25) is 0 Å². The molecule has 2 fully saturated rings. The molecule has 1 saturated carbocycles. The highest BCUT2D eigenvalue weighted by Crippen LogP contribution is 2.45. The lowest BCUT2D eigenvalue weighted by atomic mass is 9.65. The van der Waals surface area contributed by atoms with E-state index in [2.05, 4.69) is 31.4 Å². The number of ether oxygens (including phenoxy) is 1. The van der Waals surface area contributed by atoms with E-state index in [9.17, 15) is 14.4 Å². The standard InChI is InChI=1S/C20H35N3O4/c1-5-19(3,4)15-8-10-20(11-9-15)17(25)23(18(26)22-20)14-16(24)21-12-7-13-27-6-2/h15H,5-14H2,1-4H3,(H,21,24)(H,22,26). The normalized spacial score (nSPS) is 25.8. The zero-order valence-corrected chi connectivity index (χ0v) is 17.2. The van der Waals surface area contributed by atoms with Crippen molar-refractivity contribution < 1.29 is 19.1 Å². The Morgan fingerprint density at radius 3 is 2.56 bits per heavy atom. The summed E-state index contributed by atoms with van der Waals surface area (Å²) in [6, 6.07) is -0.447. The first-order valence-corrected chi connectivity index (χ1v) is 10.2. The second kappa shape index (κ2) is 9.04. The fraction of sp³-hybridized carbons (Fsp3) is 0.850. The lowest BCUT2D eigenvalue weighted by molar-refractivity contribution is -0.136. The van der Waals surface area contributed by atoms with E-state index in [1.165, 1.54) is 0 Å². The van der Waals surface area contributed by atoms with E-state index in [0.717, 1.165) is 24.2 Å². The number of carbonyl (C=O) groups is 3. The van der Waals surface area contributed by atoms with Gasteiger partial charge in [0.25, 0.3) is 5.91 Å². The van der Waals surface area contributed by atoms with Crippen LogP contribution in [0.3, 0.4) is 0 Å². The highest BCUT2D eigenvalue weighted by molar-refractivity contribution is 6.09. The number of urea groups is 1. The molecule has 0 radical (unpaired) electrons. The predicted octanol–water partition coefficient (Wildman–Crippen LogP) is 2.45. The summed E-state index contributed by atoms with van der Waals surface area (Å²) in [7, 11) is 0. The molecule has 1 aliphatic carbocycles. The van der Waals surface area contributed by atoms with Crippen LogP contribution in [0.25, 0.3) is 0 Å². The number of rotatable bonds is 9. The van der Waals surface area contributed by atoms with E-state index in [4.69, 9.17) is 4.74 Å². The van der Waals surface area contributed by atoms with Crippen LogP contribution >= 0.6 is 0 Å². The van der Waals surface area contributed by atoms with Gasteiger partial charge in [-0.1, -0.05) is 27.2 Å². The number of nitrogens with zero attached hydrogens (tertiary/aromatic N) is 1. The molecule has 2 rings (SSSR count). The lowest BCUT2D eigenvalue weighted by Gasteiger charge is -2.42. The summed E-state index contributed by atoms with van der Waals surface area (Å²) in [4.78, 5) is 38.4. The molecular weight excluding hydrogens is 346 g/mol. The van der Waals surface area contributed by atoms with Crippen molar-refractivity contribution in [1.29, 1.82) is 0 Å². The second-order valence-corrected chi connectivity index (χ2v) is 8.42. The molecule has 0 unspecified atom stereocenters. The number of amides is 4. The van der Waals surface area contributed by atoms with Crippen molar-refractivity contribution in [2.75, 3.05) is 26.3 Å². The number of imide groups is 1. The SMILES string of the molecule is CCOCCCNC(=O)CN1C(=O)NC2(CCC(C(C)(C)CC)CC2)C1=O. The average molecular weight is 382 g/mol. The molecule has 7 nitrogen and oxygen atoms in total. The average Bonchev–Trinajstić information content (AvgIpc) is 2.86. The largest absolute Gasteiger partial charge is 0.382 e. The maximum absolute atomic E-state index is 12.9. The highest BCUT2D eigenvalue weighted by Gasteiger charge is 2.53. The predicted molar refractivity (Wildman–Crippen MR) is 103 cm³/mol. The number of carbonyl (C=O) groups excluding carboxylic acids is 3. The summed E-state index contributed by atoms with van der Waals surface area (Å²) in [5, 5.41) is 5.63. The minimum atomic E-state index is -0.813. The maximum atomic E-state index is 12.9. The quantitative estimate of drug-likeness (QED) is 0.474. The van der Waals surface area contributed by atoms with Crippen molar-refractivity contribution in [1.82, 2.24) is 15.5 Å². The van der Waals surface area contributed by atoms with E-state index in [-0.39, 0.29) is 23.8 Å². The number of hydrogen-bond donors (Lipinski definition) is 2. The van der Waals surface area contributed by atoms with Gasteiger partial charge in [-0.25, -0.2) is 4.79 Å². The van der Waals surface area contributed by atoms with Crippen molar-refractivity contribution in [3.8, 4) is 0 Å². The molecule has 1 heterocycles. The van der Waals surface area contributed by atoms with Crippen LogP contribution in [0, 0.1) is 11.3 Å². The van der Waals surface area contributed by atoms with Gasteiger partial charge in [0, 0.05) is 19.8 Å². The molecule has 7 heteroatoms. The molecule has 0 bridgehead atoms. The van der Waals surface area contributed by atoms with Crippen LogP contribution < -0.4 is 10.6 Å². The topological polar surface area (TPSA) is 87.7 Å². The summed E-state index contributed by atoms with van der Waals surface area (Å²) < 4.78 is 5.22. The molecule has 1 spiro atoms. The zero-order valence-electron chi connectivity index (χ0n) is 17.2. The second-order valence-electron chi connectivity index (χ2n) is 8.42. The first-order chi connectivity index (χ1) is 12.8. The number of nitrogens with one attached hydrogen (secondary N) is 2. The molecular formula is C20H35N3O4. The fourth-order valence-electron chi connectivity index (χ4n) is 4.09. The van der Waals surface area contributed by atoms with Crippen LogP contribution in [0.5, 0.6) is 0 Å². The molecule has 154 valence electrons. The zero-order chi connectivity index (χ0) is 20.1. The summed E-state index contributed by atoms with van der Waals surface area (Å²) >= 11 is 0. The van der Waals surface area contributed by atoms with E-state index in [1.54, 1.807) is 0 Å². The van der Waals surface area contributed by atoms with E-state index >= 15 is 0 Å². The fourth-order valence-corrected chi connectivity index (χ4v) is 4.09. The van der Waals surface area contributed by atoms with Crippen molar-refractivity contribution in [3.05, 3.63) is 0 Å². The molecule has 1 aliphatic heterocycles. The molecule has 27 heavy (non-hydrogen) atoms. The Morgan fingerprint density at radius 1 is 1.30 bits per heavy atom. The van der Waals surface area contributed by atoms with Crippen molar-refractivity contribution in [3.63, 3.8) is 0 Å². The lowest BCUT2D eigenvalue weighted by Crippen LogP contribution is -2.51. The van der Waals surface area contributed by atoms with Gasteiger partial charge in [0.15, 0.2) is 0 Å². The van der Waals surface area contributed by atoms with E-state index in [1.807, 2.05) is 6.92 Å². The highest BCUT2D eigenvalue weighted by atomic mass is 16.5. The first-order valence-electron chi connectivity index (χ1n) is 10.2. The molecule has 0 aromatic rings. The minimum absolute atomic E-state index is 0.217. The summed E-state index contributed by atoms with van der Waals surface area (Å²) in [5.41, 5.74) is -0.568. The van der Waals surface area contributed by atoms with Crippen LogP contribution in [0.15, 0.2) is 0 Å². The minimum Gasteiger partial charge on any atom is -0.382 e. The molecule has 4 amide bonds. The third-order valence-corrected chi connectivity index (χ3v) is 6.39. The van der Waals surface area contributed by atoms with Gasteiger partial charge in [-0.3, -0.25) is 14.5 Å². The van der Waals surface area contributed by atoms with Crippen LogP contribution in [-0.4, -0.2) is 54.6 Å². The molecule has 0 aromatic heterocycles. The Labute approximate surface area is 162 Å². The van der Waals surface area contributed by atoms with Gasteiger partial charge in [-0.15, -0.1) is 0 Å². The van der Waals surface area contributed by atoms with Gasteiger partial charge >= 0.3 is 6.03 Å².